The van der Waals surface area contributed by atoms with E-state index in [4.69, 9.17) is 0 Å². The Morgan fingerprint density at radius 1 is 1.12 bits per heavy atom. The van der Waals surface area contributed by atoms with E-state index in [1.54, 1.807) is 49.4 Å². The van der Waals surface area contributed by atoms with Gasteiger partial charge in [-0.25, -0.2) is 9.18 Å². The summed E-state index contributed by atoms with van der Waals surface area (Å²) in [4.78, 5) is 35.5. The number of carbonyl (C=O) groups excluding carboxylic acids is 3. The summed E-state index contributed by atoms with van der Waals surface area (Å²) in [5.41, 5.74) is 0.370. The molecule has 0 bridgehead atoms. The number of carbonyl (C=O) groups is 3. The fraction of sp³-hybridized carbons (Fsp3) is 0.211. The van der Waals surface area contributed by atoms with Crippen LogP contribution in [0.15, 0.2) is 48.5 Å². The Morgan fingerprint density at radius 3 is 2.42 bits per heavy atom. The lowest BCUT2D eigenvalue weighted by atomic mass is 9.91. The molecule has 1 fully saturated rings. The number of rotatable bonds is 5. The maximum Gasteiger partial charge on any atom is 0.322 e. The first-order valence-electron chi connectivity index (χ1n) is 8.16. The van der Waals surface area contributed by atoms with Crippen molar-refractivity contribution in [2.45, 2.75) is 18.9 Å². The molecule has 0 spiro atoms. The summed E-state index contributed by atoms with van der Waals surface area (Å²) in [5.74, 6) is -1.03. The van der Waals surface area contributed by atoms with Crippen LogP contribution in [0.3, 0.4) is 0 Å². The number of urea groups is 1. The summed E-state index contributed by atoms with van der Waals surface area (Å²) in [7, 11) is 0. The van der Waals surface area contributed by atoms with Crippen molar-refractivity contribution >= 4 is 17.8 Å². The molecular weight excluding hydrogens is 337 g/mol. The SMILES string of the molecule is CC1(c2ccc(C(=O)NCCc3ccccc3F)cc2)NC(=O)NC1=O. The Bertz CT molecular complexity index is 867. The van der Waals surface area contributed by atoms with Gasteiger partial charge in [0.25, 0.3) is 11.8 Å². The van der Waals surface area contributed by atoms with E-state index in [0.717, 1.165) is 0 Å². The fourth-order valence-corrected chi connectivity index (χ4v) is 2.82. The number of benzene rings is 2. The second-order valence-electron chi connectivity index (χ2n) is 6.21. The van der Waals surface area contributed by atoms with Gasteiger partial charge in [0.1, 0.15) is 11.4 Å². The molecule has 0 saturated carbocycles. The number of halogens is 1. The van der Waals surface area contributed by atoms with Crippen LogP contribution in [0.25, 0.3) is 0 Å². The summed E-state index contributed by atoms with van der Waals surface area (Å²) < 4.78 is 13.5. The Kier molecular flexibility index (Phi) is 4.71. The van der Waals surface area contributed by atoms with Crippen molar-refractivity contribution in [3.8, 4) is 0 Å². The van der Waals surface area contributed by atoms with Gasteiger partial charge in [-0.3, -0.25) is 14.9 Å². The second-order valence-corrected chi connectivity index (χ2v) is 6.21. The van der Waals surface area contributed by atoms with Crippen LogP contribution < -0.4 is 16.0 Å². The smallest absolute Gasteiger partial charge is 0.322 e. The van der Waals surface area contributed by atoms with Crippen LogP contribution in [-0.2, 0) is 16.8 Å². The Hall–Kier alpha value is -3.22. The number of hydrogen-bond donors (Lipinski definition) is 3. The van der Waals surface area contributed by atoms with Crippen LogP contribution in [0.1, 0.15) is 28.4 Å². The lowest BCUT2D eigenvalue weighted by Crippen LogP contribution is -2.40. The number of nitrogens with one attached hydrogen (secondary N) is 3. The summed E-state index contributed by atoms with van der Waals surface area (Å²) in [6.07, 6.45) is 0.390. The van der Waals surface area contributed by atoms with E-state index >= 15 is 0 Å². The van der Waals surface area contributed by atoms with Crippen molar-refractivity contribution in [2.75, 3.05) is 6.54 Å². The van der Waals surface area contributed by atoms with E-state index in [1.807, 2.05) is 0 Å². The Morgan fingerprint density at radius 2 is 1.81 bits per heavy atom. The quantitative estimate of drug-likeness (QED) is 0.716. The predicted molar refractivity (Wildman–Crippen MR) is 92.9 cm³/mol. The van der Waals surface area contributed by atoms with Gasteiger partial charge in [0.2, 0.25) is 0 Å². The standard InChI is InChI=1S/C19H18FN3O3/c1-19(17(25)22-18(26)23-19)14-8-6-13(7-9-14)16(24)21-11-10-12-4-2-3-5-15(12)20/h2-9H,10-11H2,1H3,(H,21,24)(H2,22,23,25,26). The highest BCUT2D eigenvalue weighted by Crippen LogP contribution is 2.24. The summed E-state index contributed by atoms with van der Waals surface area (Å²) in [5, 5.41) is 7.49. The average molecular weight is 355 g/mol. The van der Waals surface area contributed by atoms with Crippen LogP contribution in [0, 0.1) is 5.82 Å². The van der Waals surface area contributed by atoms with Gasteiger partial charge in [-0.15, -0.1) is 0 Å². The molecule has 1 saturated heterocycles. The minimum atomic E-state index is -1.16. The molecule has 134 valence electrons. The molecule has 2 aromatic rings. The number of amides is 4. The molecular formula is C19H18FN3O3. The second kappa shape index (κ2) is 6.95. The molecule has 1 unspecified atom stereocenters. The normalized spacial score (nSPS) is 19.0. The van der Waals surface area contributed by atoms with Gasteiger partial charge >= 0.3 is 6.03 Å². The van der Waals surface area contributed by atoms with Gasteiger partial charge < -0.3 is 10.6 Å². The molecule has 1 aliphatic heterocycles. The summed E-state index contributed by atoms with van der Waals surface area (Å²) in [6.45, 7) is 1.90. The molecule has 0 aromatic heterocycles. The monoisotopic (exact) mass is 355 g/mol. The maximum absolute atomic E-state index is 13.5. The van der Waals surface area contributed by atoms with E-state index in [0.29, 0.717) is 29.7 Å². The van der Waals surface area contributed by atoms with E-state index in [9.17, 15) is 18.8 Å². The lowest BCUT2D eigenvalue weighted by molar-refractivity contribution is -0.123. The zero-order valence-corrected chi connectivity index (χ0v) is 14.1. The molecule has 26 heavy (non-hydrogen) atoms. The first-order chi connectivity index (χ1) is 12.4. The minimum absolute atomic E-state index is 0.294. The highest BCUT2D eigenvalue weighted by atomic mass is 19.1. The average Bonchev–Trinajstić information content (AvgIpc) is 2.89. The van der Waals surface area contributed by atoms with Crippen molar-refractivity contribution in [3.63, 3.8) is 0 Å². The molecule has 3 rings (SSSR count). The first-order valence-corrected chi connectivity index (χ1v) is 8.16. The lowest BCUT2D eigenvalue weighted by Gasteiger charge is -2.21. The predicted octanol–water partition coefficient (Wildman–Crippen LogP) is 1.85. The van der Waals surface area contributed by atoms with E-state index in [1.165, 1.54) is 6.07 Å². The van der Waals surface area contributed by atoms with Crippen molar-refractivity contribution in [3.05, 3.63) is 71.0 Å². The van der Waals surface area contributed by atoms with Crippen LogP contribution in [-0.4, -0.2) is 24.4 Å². The molecule has 4 amide bonds. The molecule has 2 aromatic carbocycles. The minimum Gasteiger partial charge on any atom is -0.352 e. The largest absolute Gasteiger partial charge is 0.352 e. The van der Waals surface area contributed by atoms with Crippen LogP contribution in [0.2, 0.25) is 0 Å². The number of imide groups is 1. The molecule has 0 radical (unpaired) electrons. The van der Waals surface area contributed by atoms with Crippen molar-refractivity contribution in [2.24, 2.45) is 0 Å². The fourth-order valence-electron chi connectivity index (χ4n) is 2.82. The van der Waals surface area contributed by atoms with Gasteiger partial charge in [-0.1, -0.05) is 30.3 Å². The van der Waals surface area contributed by atoms with Crippen LogP contribution in [0.4, 0.5) is 9.18 Å². The molecule has 3 N–H and O–H groups in total. The van der Waals surface area contributed by atoms with Crippen molar-refractivity contribution in [1.29, 1.82) is 0 Å². The van der Waals surface area contributed by atoms with Gasteiger partial charge in [0.05, 0.1) is 0 Å². The van der Waals surface area contributed by atoms with E-state index < -0.39 is 17.5 Å². The van der Waals surface area contributed by atoms with Gasteiger partial charge in [-0.05, 0) is 42.7 Å². The molecule has 1 atom stereocenters. The topological polar surface area (TPSA) is 87.3 Å². The van der Waals surface area contributed by atoms with Crippen LogP contribution >= 0.6 is 0 Å². The first kappa shape index (κ1) is 17.6. The molecule has 7 heteroatoms. The third kappa shape index (κ3) is 3.42. The molecule has 1 heterocycles. The highest BCUT2D eigenvalue weighted by Gasteiger charge is 2.43. The Balaban J connectivity index is 1.61. The van der Waals surface area contributed by atoms with Crippen molar-refractivity contribution < 1.29 is 18.8 Å². The highest BCUT2D eigenvalue weighted by molar-refractivity contribution is 6.07. The molecule has 6 nitrogen and oxygen atoms in total. The van der Waals surface area contributed by atoms with Gasteiger partial charge in [0.15, 0.2) is 0 Å². The summed E-state index contributed by atoms with van der Waals surface area (Å²) >= 11 is 0. The zero-order valence-electron chi connectivity index (χ0n) is 14.1. The number of hydrogen-bond acceptors (Lipinski definition) is 3. The van der Waals surface area contributed by atoms with Crippen molar-refractivity contribution in [1.82, 2.24) is 16.0 Å². The van der Waals surface area contributed by atoms with E-state index in [2.05, 4.69) is 16.0 Å². The third-order valence-corrected chi connectivity index (χ3v) is 4.41. The van der Waals surface area contributed by atoms with E-state index in [-0.39, 0.29) is 11.7 Å². The maximum atomic E-state index is 13.5. The summed E-state index contributed by atoms with van der Waals surface area (Å²) in [6, 6.07) is 12.3. The third-order valence-electron chi connectivity index (χ3n) is 4.41. The zero-order chi connectivity index (χ0) is 18.7. The Labute approximate surface area is 149 Å². The molecule has 1 aliphatic rings. The van der Waals surface area contributed by atoms with Gasteiger partial charge in [0, 0.05) is 12.1 Å². The van der Waals surface area contributed by atoms with Crippen LogP contribution in [0.5, 0.6) is 0 Å². The molecule has 0 aliphatic carbocycles. The van der Waals surface area contributed by atoms with Gasteiger partial charge in [-0.2, -0.15) is 0 Å².